The second-order valence-corrected chi connectivity index (χ2v) is 5.86. The maximum atomic E-state index is 12.3. The third-order valence-electron chi connectivity index (χ3n) is 4.13. The molecule has 1 atom stereocenters. The van der Waals surface area contributed by atoms with E-state index in [0.717, 1.165) is 24.1 Å². The minimum absolute atomic E-state index is 0.0242. The molecule has 0 aliphatic carbocycles. The molecule has 6 heteroatoms. The Labute approximate surface area is 126 Å². The van der Waals surface area contributed by atoms with Gasteiger partial charge in [-0.2, -0.15) is 5.10 Å². The topological polar surface area (TPSA) is 59.4 Å². The summed E-state index contributed by atoms with van der Waals surface area (Å²) in [6, 6.07) is -0.0242. The van der Waals surface area contributed by atoms with E-state index in [4.69, 9.17) is 4.74 Å². The van der Waals surface area contributed by atoms with Crippen molar-refractivity contribution in [3.8, 4) is 0 Å². The number of urea groups is 1. The highest BCUT2D eigenvalue weighted by Crippen LogP contribution is 2.21. The van der Waals surface area contributed by atoms with Crippen molar-refractivity contribution in [2.75, 3.05) is 19.7 Å². The van der Waals surface area contributed by atoms with Crippen molar-refractivity contribution in [1.29, 1.82) is 0 Å². The summed E-state index contributed by atoms with van der Waals surface area (Å²) in [6.45, 7) is 8.63. The van der Waals surface area contributed by atoms with Crippen LogP contribution in [0.3, 0.4) is 0 Å². The molecule has 0 spiro atoms. The molecule has 0 aromatic carbocycles. The molecule has 118 valence electrons. The molecule has 1 saturated heterocycles. The maximum absolute atomic E-state index is 12.3. The van der Waals surface area contributed by atoms with E-state index in [1.54, 1.807) is 4.68 Å². The van der Waals surface area contributed by atoms with Gasteiger partial charge in [0.2, 0.25) is 0 Å². The van der Waals surface area contributed by atoms with Gasteiger partial charge in [-0.25, -0.2) is 4.79 Å². The third-order valence-corrected chi connectivity index (χ3v) is 4.13. The number of carbonyl (C=O) groups is 1. The van der Waals surface area contributed by atoms with Crippen LogP contribution in [0.15, 0.2) is 6.20 Å². The smallest absolute Gasteiger partial charge is 0.317 e. The SMILES string of the molecule is CCc1nn(C)cc1CNC(=O)N1CCOC(C)(CC)C1. The second-order valence-electron chi connectivity index (χ2n) is 5.86. The molecule has 1 aromatic rings. The first kappa shape index (κ1) is 15.8. The van der Waals surface area contributed by atoms with Gasteiger partial charge in [-0.3, -0.25) is 4.68 Å². The molecular formula is C15H26N4O2. The van der Waals surface area contributed by atoms with Gasteiger partial charge in [0.15, 0.2) is 0 Å². The van der Waals surface area contributed by atoms with Crippen molar-refractivity contribution < 1.29 is 9.53 Å². The van der Waals surface area contributed by atoms with E-state index in [-0.39, 0.29) is 11.6 Å². The van der Waals surface area contributed by atoms with E-state index in [9.17, 15) is 4.79 Å². The zero-order valence-corrected chi connectivity index (χ0v) is 13.5. The normalized spacial score (nSPS) is 22.4. The lowest BCUT2D eigenvalue weighted by atomic mass is 10.0. The lowest BCUT2D eigenvalue weighted by Gasteiger charge is -2.39. The minimum Gasteiger partial charge on any atom is -0.372 e. The van der Waals surface area contributed by atoms with Gasteiger partial charge in [0.25, 0.3) is 0 Å². The number of rotatable bonds is 4. The van der Waals surface area contributed by atoms with Crippen LogP contribution < -0.4 is 5.32 Å². The lowest BCUT2D eigenvalue weighted by Crippen LogP contribution is -2.54. The largest absolute Gasteiger partial charge is 0.372 e. The van der Waals surface area contributed by atoms with E-state index < -0.39 is 0 Å². The first-order chi connectivity index (χ1) is 9.97. The highest BCUT2D eigenvalue weighted by atomic mass is 16.5. The van der Waals surface area contributed by atoms with Gasteiger partial charge >= 0.3 is 6.03 Å². The molecule has 2 heterocycles. The van der Waals surface area contributed by atoms with Gasteiger partial charge in [0.05, 0.1) is 24.4 Å². The fourth-order valence-corrected chi connectivity index (χ4v) is 2.63. The van der Waals surface area contributed by atoms with Crippen molar-refractivity contribution in [2.24, 2.45) is 7.05 Å². The van der Waals surface area contributed by atoms with E-state index in [2.05, 4.69) is 31.2 Å². The Morgan fingerprint density at radius 1 is 1.52 bits per heavy atom. The highest BCUT2D eigenvalue weighted by Gasteiger charge is 2.32. The van der Waals surface area contributed by atoms with Gasteiger partial charge in [-0.1, -0.05) is 13.8 Å². The van der Waals surface area contributed by atoms with E-state index in [1.807, 2.05) is 18.1 Å². The fraction of sp³-hybridized carbons (Fsp3) is 0.733. The number of amides is 2. The summed E-state index contributed by atoms with van der Waals surface area (Å²) < 4.78 is 7.56. The Balaban J connectivity index is 1.92. The summed E-state index contributed by atoms with van der Waals surface area (Å²) in [5.41, 5.74) is 1.90. The molecule has 0 radical (unpaired) electrons. The molecule has 2 rings (SSSR count). The second kappa shape index (κ2) is 6.47. The molecule has 1 unspecified atom stereocenters. The quantitative estimate of drug-likeness (QED) is 0.919. The monoisotopic (exact) mass is 294 g/mol. The zero-order valence-electron chi connectivity index (χ0n) is 13.5. The lowest BCUT2D eigenvalue weighted by molar-refractivity contribution is -0.0872. The van der Waals surface area contributed by atoms with Crippen LogP contribution in [0.25, 0.3) is 0 Å². The number of aromatic nitrogens is 2. The Morgan fingerprint density at radius 2 is 2.29 bits per heavy atom. The molecule has 21 heavy (non-hydrogen) atoms. The number of nitrogens with one attached hydrogen (secondary N) is 1. The fourth-order valence-electron chi connectivity index (χ4n) is 2.63. The van der Waals surface area contributed by atoms with Crippen LogP contribution in [-0.2, 0) is 24.8 Å². The zero-order chi connectivity index (χ0) is 15.5. The van der Waals surface area contributed by atoms with E-state index in [0.29, 0.717) is 26.2 Å². The molecule has 1 aromatic heterocycles. The van der Waals surface area contributed by atoms with Crippen molar-refractivity contribution in [1.82, 2.24) is 20.0 Å². The molecule has 1 aliphatic heterocycles. The van der Waals surface area contributed by atoms with Crippen molar-refractivity contribution in [3.05, 3.63) is 17.5 Å². The summed E-state index contributed by atoms with van der Waals surface area (Å²) in [4.78, 5) is 14.2. The number of hydrogen-bond donors (Lipinski definition) is 1. The van der Waals surface area contributed by atoms with Gasteiger partial charge in [0, 0.05) is 31.9 Å². The number of hydrogen-bond acceptors (Lipinski definition) is 3. The molecule has 1 N–H and O–H groups in total. The molecule has 6 nitrogen and oxygen atoms in total. The number of carbonyl (C=O) groups excluding carboxylic acids is 1. The van der Waals surface area contributed by atoms with Crippen LogP contribution in [0, 0.1) is 0 Å². The molecule has 0 bridgehead atoms. The van der Waals surface area contributed by atoms with Gasteiger partial charge in [0.1, 0.15) is 0 Å². The first-order valence-corrected chi connectivity index (χ1v) is 7.65. The number of ether oxygens (including phenoxy) is 1. The predicted octanol–water partition coefficient (Wildman–Crippen LogP) is 1.69. The third kappa shape index (κ3) is 3.75. The number of nitrogens with zero attached hydrogens (tertiary/aromatic N) is 3. The Kier molecular flexibility index (Phi) is 4.88. The Bertz CT molecular complexity index is 500. The average Bonchev–Trinajstić information content (AvgIpc) is 2.85. The van der Waals surface area contributed by atoms with Crippen molar-refractivity contribution >= 4 is 6.03 Å². The van der Waals surface area contributed by atoms with Crippen molar-refractivity contribution in [2.45, 2.75) is 45.8 Å². The first-order valence-electron chi connectivity index (χ1n) is 7.65. The number of aryl methyl sites for hydroxylation is 2. The van der Waals surface area contributed by atoms with E-state index >= 15 is 0 Å². The van der Waals surface area contributed by atoms with Gasteiger partial charge < -0.3 is 15.0 Å². The van der Waals surface area contributed by atoms with Crippen LogP contribution in [-0.4, -0.2) is 46.0 Å². The summed E-state index contributed by atoms with van der Waals surface area (Å²) in [6.07, 6.45) is 3.74. The molecule has 1 aliphatic rings. The summed E-state index contributed by atoms with van der Waals surface area (Å²) >= 11 is 0. The highest BCUT2D eigenvalue weighted by molar-refractivity contribution is 5.74. The number of morpholine rings is 1. The predicted molar refractivity (Wildman–Crippen MR) is 81.0 cm³/mol. The van der Waals surface area contributed by atoms with Crippen LogP contribution in [0.5, 0.6) is 0 Å². The van der Waals surface area contributed by atoms with Crippen molar-refractivity contribution in [3.63, 3.8) is 0 Å². The Morgan fingerprint density at radius 3 is 2.95 bits per heavy atom. The van der Waals surface area contributed by atoms with Crippen LogP contribution in [0.1, 0.15) is 38.4 Å². The summed E-state index contributed by atoms with van der Waals surface area (Å²) in [5.74, 6) is 0. The molecule has 2 amide bonds. The summed E-state index contributed by atoms with van der Waals surface area (Å²) in [7, 11) is 1.90. The molecule has 1 fully saturated rings. The molecular weight excluding hydrogens is 268 g/mol. The van der Waals surface area contributed by atoms with Crippen LogP contribution in [0.2, 0.25) is 0 Å². The van der Waals surface area contributed by atoms with Gasteiger partial charge in [-0.15, -0.1) is 0 Å². The van der Waals surface area contributed by atoms with Crippen LogP contribution in [0.4, 0.5) is 4.79 Å². The minimum atomic E-state index is -0.224. The molecule has 0 saturated carbocycles. The standard InChI is InChI=1S/C15H26N4O2/c1-5-13-12(10-18(4)17-13)9-16-14(20)19-7-8-21-15(3,6-2)11-19/h10H,5-9,11H2,1-4H3,(H,16,20). The Hall–Kier alpha value is -1.56. The van der Waals surface area contributed by atoms with Crippen LogP contribution >= 0.6 is 0 Å². The summed E-state index contributed by atoms with van der Waals surface area (Å²) in [5, 5.41) is 7.38. The maximum Gasteiger partial charge on any atom is 0.317 e. The average molecular weight is 294 g/mol. The van der Waals surface area contributed by atoms with E-state index in [1.165, 1.54) is 0 Å². The van der Waals surface area contributed by atoms with Gasteiger partial charge in [-0.05, 0) is 19.8 Å².